The molecule has 0 aromatic carbocycles. The fraction of sp³-hybridized carbons (Fsp3) is 0.733. The molecule has 1 atom stereocenters. The first-order valence-electron chi connectivity index (χ1n) is 7.61. The van der Waals surface area contributed by atoms with Gasteiger partial charge in [0, 0.05) is 44.5 Å². The highest BCUT2D eigenvalue weighted by molar-refractivity contribution is 5.92. The molecule has 0 saturated carbocycles. The summed E-state index contributed by atoms with van der Waals surface area (Å²) in [5.41, 5.74) is 0.565. The number of aromatic nitrogens is 2. The van der Waals surface area contributed by atoms with E-state index < -0.39 is 0 Å². The Balaban J connectivity index is 1.94. The van der Waals surface area contributed by atoms with Gasteiger partial charge in [0.05, 0.1) is 0 Å². The molecule has 1 saturated heterocycles. The van der Waals surface area contributed by atoms with Crippen LogP contribution in [0.25, 0.3) is 0 Å². The number of carbonyl (C=O) groups is 1. The van der Waals surface area contributed by atoms with E-state index in [1.165, 1.54) is 0 Å². The zero-order valence-electron chi connectivity index (χ0n) is 13.0. The third-order valence-electron chi connectivity index (χ3n) is 4.17. The topological polar surface area (TPSA) is 41.4 Å². The van der Waals surface area contributed by atoms with Gasteiger partial charge in [-0.3, -0.25) is 14.4 Å². The summed E-state index contributed by atoms with van der Waals surface area (Å²) in [6.07, 6.45) is 3.04. The minimum atomic E-state index is 0.0631. The normalized spacial score (nSPS) is 18.6. The first-order valence-corrected chi connectivity index (χ1v) is 7.61. The largest absolute Gasteiger partial charge is 0.335 e. The maximum absolute atomic E-state index is 12.4. The van der Waals surface area contributed by atoms with E-state index in [1.54, 1.807) is 0 Å². The molecule has 2 rings (SSSR count). The second-order valence-corrected chi connectivity index (χ2v) is 5.86. The van der Waals surface area contributed by atoms with Crippen molar-refractivity contribution in [3.8, 4) is 0 Å². The Bertz CT molecular complexity index is 446. The lowest BCUT2D eigenvalue weighted by molar-refractivity contribution is 0.0573. The lowest BCUT2D eigenvalue weighted by atomic mass is 10.2. The molecule has 0 N–H and O–H groups in total. The Labute approximate surface area is 121 Å². The Morgan fingerprint density at radius 1 is 1.25 bits per heavy atom. The van der Waals surface area contributed by atoms with Gasteiger partial charge in [0.1, 0.15) is 5.69 Å². The fourth-order valence-corrected chi connectivity index (χ4v) is 2.53. The Morgan fingerprint density at radius 3 is 2.40 bits per heavy atom. The van der Waals surface area contributed by atoms with E-state index in [0.29, 0.717) is 17.8 Å². The van der Waals surface area contributed by atoms with Crippen molar-refractivity contribution in [1.82, 2.24) is 19.6 Å². The van der Waals surface area contributed by atoms with Crippen LogP contribution in [0.1, 0.15) is 50.6 Å². The lowest BCUT2D eigenvalue weighted by Gasteiger charge is -2.37. The van der Waals surface area contributed by atoms with E-state index in [2.05, 4.69) is 37.7 Å². The minimum absolute atomic E-state index is 0.0631. The summed E-state index contributed by atoms with van der Waals surface area (Å²) in [5, 5.41) is 4.37. The average Bonchev–Trinajstić information content (AvgIpc) is 2.96. The average molecular weight is 278 g/mol. The Morgan fingerprint density at radius 2 is 1.90 bits per heavy atom. The molecule has 0 bridgehead atoms. The smallest absolute Gasteiger partial charge is 0.274 e. The maximum atomic E-state index is 12.4. The number of nitrogens with zero attached hydrogens (tertiary/aromatic N) is 4. The molecule has 5 nitrogen and oxygen atoms in total. The molecule has 1 aromatic heterocycles. The highest BCUT2D eigenvalue weighted by Crippen LogP contribution is 2.12. The summed E-state index contributed by atoms with van der Waals surface area (Å²) in [5.74, 6) is 0.0631. The number of hydrogen-bond donors (Lipinski definition) is 0. The van der Waals surface area contributed by atoms with Crippen molar-refractivity contribution in [2.75, 3.05) is 26.2 Å². The van der Waals surface area contributed by atoms with E-state index in [0.717, 1.165) is 32.6 Å². The van der Waals surface area contributed by atoms with Crippen LogP contribution in [-0.4, -0.2) is 57.7 Å². The fourth-order valence-electron chi connectivity index (χ4n) is 2.53. The van der Waals surface area contributed by atoms with Gasteiger partial charge in [-0.25, -0.2) is 0 Å². The van der Waals surface area contributed by atoms with Crippen LogP contribution in [0.2, 0.25) is 0 Å². The van der Waals surface area contributed by atoms with E-state index in [1.807, 2.05) is 21.8 Å². The SMILES string of the molecule is CC[C@H](C)N1CCN(C(=O)c2ccn(C(C)C)n2)CC1. The predicted octanol–water partition coefficient (Wildman–Crippen LogP) is 2.02. The van der Waals surface area contributed by atoms with E-state index in [-0.39, 0.29) is 5.91 Å². The first kappa shape index (κ1) is 15.0. The standard InChI is InChI=1S/C15H26N4O/c1-5-13(4)17-8-10-18(11-9-17)15(20)14-6-7-19(16-14)12(2)3/h6-7,12-13H,5,8-11H2,1-4H3/t13-/m0/s1. The first-order chi connectivity index (χ1) is 9.52. The van der Waals surface area contributed by atoms with Gasteiger partial charge >= 0.3 is 0 Å². The zero-order chi connectivity index (χ0) is 14.7. The van der Waals surface area contributed by atoms with Gasteiger partial charge in [-0.05, 0) is 33.3 Å². The summed E-state index contributed by atoms with van der Waals surface area (Å²) in [6.45, 7) is 12.1. The number of rotatable bonds is 4. The minimum Gasteiger partial charge on any atom is -0.335 e. The molecule has 1 aliphatic heterocycles. The number of amides is 1. The van der Waals surface area contributed by atoms with Crippen molar-refractivity contribution < 1.29 is 4.79 Å². The molecular formula is C15H26N4O. The van der Waals surface area contributed by atoms with Gasteiger partial charge in [-0.15, -0.1) is 0 Å². The van der Waals surface area contributed by atoms with Crippen LogP contribution in [0.3, 0.4) is 0 Å². The van der Waals surface area contributed by atoms with Gasteiger partial charge in [-0.1, -0.05) is 6.92 Å². The highest BCUT2D eigenvalue weighted by atomic mass is 16.2. The van der Waals surface area contributed by atoms with Gasteiger partial charge in [0.25, 0.3) is 5.91 Å². The van der Waals surface area contributed by atoms with Crippen LogP contribution in [0.5, 0.6) is 0 Å². The van der Waals surface area contributed by atoms with Crippen molar-refractivity contribution in [3.63, 3.8) is 0 Å². The van der Waals surface area contributed by atoms with Crippen molar-refractivity contribution in [3.05, 3.63) is 18.0 Å². The zero-order valence-corrected chi connectivity index (χ0v) is 13.0. The monoisotopic (exact) mass is 278 g/mol. The van der Waals surface area contributed by atoms with Gasteiger partial charge in [-0.2, -0.15) is 5.10 Å². The third-order valence-corrected chi connectivity index (χ3v) is 4.17. The second-order valence-electron chi connectivity index (χ2n) is 5.86. The molecule has 1 aliphatic rings. The summed E-state index contributed by atoms with van der Waals surface area (Å²) in [4.78, 5) is 16.8. The second kappa shape index (κ2) is 6.39. The molecule has 0 spiro atoms. The maximum Gasteiger partial charge on any atom is 0.274 e. The molecule has 1 fully saturated rings. The van der Waals surface area contributed by atoms with E-state index in [4.69, 9.17) is 0 Å². The lowest BCUT2D eigenvalue weighted by Crippen LogP contribution is -2.51. The van der Waals surface area contributed by atoms with Gasteiger partial charge in [0.2, 0.25) is 0 Å². The summed E-state index contributed by atoms with van der Waals surface area (Å²) in [7, 11) is 0. The molecule has 2 heterocycles. The van der Waals surface area contributed by atoms with Crippen LogP contribution in [-0.2, 0) is 0 Å². The van der Waals surface area contributed by atoms with Gasteiger partial charge in [0.15, 0.2) is 0 Å². The summed E-state index contributed by atoms with van der Waals surface area (Å²) >= 11 is 0. The molecule has 1 amide bonds. The highest BCUT2D eigenvalue weighted by Gasteiger charge is 2.25. The predicted molar refractivity (Wildman–Crippen MR) is 79.8 cm³/mol. The molecule has 112 valence electrons. The molecule has 20 heavy (non-hydrogen) atoms. The van der Waals surface area contributed by atoms with Crippen molar-refractivity contribution in [1.29, 1.82) is 0 Å². The number of carbonyl (C=O) groups excluding carboxylic acids is 1. The summed E-state index contributed by atoms with van der Waals surface area (Å²) in [6, 6.07) is 2.72. The summed E-state index contributed by atoms with van der Waals surface area (Å²) < 4.78 is 1.84. The quantitative estimate of drug-likeness (QED) is 0.846. The molecule has 0 unspecified atom stereocenters. The molecule has 0 aliphatic carbocycles. The Kier molecular flexibility index (Phi) is 4.81. The Hall–Kier alpha value is -1.36. The van der Waals surface area contributed by atoms with Crippen LogP contribution in [0, 0.1) is 0 Å². The molecule has 0 radical (unpaired) electrons. The molecule has 5 heteroatoms. The van der Waals surface area contributed by atoms with Crippen molar-refractivity contribution in [2.24, 2.45) is 0 Å². The van der Waals surface area contributed by atoms with Gasteiger partial charge < -0.3 is 4.90 Å². The molecular weight excluding hydrogens is 252 g/mol. The van der Waals surface area contributed by atoms with Crippen LogP contribution >= 0.6 is 0 Å². The van der Waals surface area contributed by atoms with Crippen LogP contribution < -0.4 is 0 Å². The van der Waals surface area contributed by atoms with Crippen LogP contribution in [0.4, 0.5) is 0 Å². The third kappa shape index (κ3) is 3.20. The van der Waals surface area contributed by atoms with E-state index in [9.17, 15) is 4.79 Å². The van der Waals surface area contributed by atoms with E-state index >= 15 is 0 Å². The number of piperazine rings is 1. The molecule has 1 aromatic rings. The van der Waals surface area contributed by atoms with Crippen LogP contribution in [0.15, 0.2) is 12.3 Å². The number of hydrogen-bond acceptors (Lipinski definition) is 3. The van der Waals surface area contributed by atoms with Crippen molar-refractivity contribution in [2.45, 2.75) is 46.2 Å². The van der Waals surface area contributed by atoms with Crippen molar-refractivity contribution >= 4 is 5.91 Å².